The van der Waals surface area contributed by atoms with Gasteiger partial charge < -0.3 is 10.4 Å². The van der Waals surface area contributed by atoms with Crippen LogP contribution >= 0.6 is 0 Å². The molecule has 0 spiro atoms. The van der Waals surface area contributed by atoms with Gasteiger partial charge >= 0.3 is 0 Å². The summed E-state index contributed by atoms with van der Waals surface area (Å²) in [4.78, 5) is 11.2. The molecule has 0 saturated heterocycles. The summed E-state index contributed by atoms with van der Waals surface area (Å²) in [5.41, 5.74) is 0.828. The molecule has 0 fully saturated rings. The molecule has 1 amide bonds. The second-order valence-corrected chi connectivity index (χ2v) is 3.48. The molecule has 0 radical (unpaired) electrons. The summed E-state index contributed by atoms with van der Waals surface area (Å²) in [5, 5.41) is 12.4. The van der Waals surface area contributed by atoms with Crippen LogP contribution in [0.2, 0.25) is 0 Å². The molecule has 1 rings (SSSR count). The van der Waals surface area contributed by atoms with Crippen LogP contribution in [-0.4, -0.2) is 17.6 Å². The van der Waals surface area contributed by atoms with Crippen molar-refractivity contribution in [2.24, 2.45) is 0 Å². The summed E-state index contributed by atoms with van der Waals surface area (Å²) in [6.07, 6.45) is 0.724. The van der Waals surface area contributed by atoms with E-state index in [9.17, 15) is 9.90 Å². The molecule has 82 valence electrons. The second kappa shape index (κ2) is 6.19. The lowest BCUT2D eigenvalue weighted by Gasteiger charge is -2.11. The molecule has 3 heteroatoms. The molecular formula is C12H17NO2. The molecule has 0 bridgehead atoms. The first-order valence-electron chi connectivity index (χ1n) is 5.23. The lowest BCUT2D eigenvalue weighted by atomic mass is 10.1. The largest absolute Gasteiger partial charge is 0.387 e. The van der Waals surface area contributed by atoms with E-state index in [1.807, 2.05) is 37.3 Å². The Bertz CT molecular complexity index is 298. The first-order chi connectivity index (χ1) is 7.24. The number of amides is 1. The van der Waals surface area contributed by atoms with Crippen molar-refractivity contribution in [2.45, 2.75) is 25.9 Å². The molecule has 0 saturated carbocycles. The minimum Gasteiger partial charge on any atom is -0.387 e. The van der Waals surface area contributed by atoms with E-state index >= 15 is 0 Å². The highest BCUT2D eigenvalue weighted by atomic mass is 16.3. The molecule has 2 N–H and O–H groups in total. The predicted octanol–water partition coefficient (Wildman–Crippen LogP) is 1.64. The van der Waals surface area contributed by atoms with Gasteiger partial charge in [-0.2, -0.15) is 0 Å². The molecule has 0 aliphatic heterocycles. The average molecular weight is 207 g/mol. The minimum absolute atomic E-state index is 0.00696. The Hall–Kier alpha value is -1.35. The molecule has 3 nitrogen and oxygen atoms in total. The summed E-state index contributed by atoms with van der Waals surface area (Å²) >= 11 is 0. The first-order valence-corrected chi connectivity index (χ1v) is 5.23. The average Bonchev–Trinajstić information content (AvgIpc) is 2.27. The van der Waals surface area contributed by atoms with Gasteiger partial charge in [0.2, 0.25) is 5.91 Å². The van der Waals surface area contributed by atoms with Crippen molar-refractivity contribution >= 4 is 5.91 Å². The van der Waals surface area contributed by atoms with Crippen LogP contribution < -0.4 is 5.32 Å². The van der Waals surface area contributed by atoms with Gasteiger partial charge in [0, 0.05) is 13.0 Å². The molecule has 1 aromatic carbocycles. The van der Waals surface area contributed by atoms with Crippen molar-refractivity contribution in [1.29, 1.82) is 0 Å². The number of aliphatic hydroxyl groups excluding tert-OH is 1. The number of aliphatic hydroxyl groups is 1. The van der Waals surface area contributed by atoms with Crippen LogP contribution in [0.15, 0.2) is 30.3 Å². The summed E-state index contributed by atoms with van der Waals surface area (Å²) in [5.74, 6) is -0.00696. The third kappa shape index (κ3) is 4.13. The van der Waals surface area contributed by atoms with E-state index in [1.165, 1.54) is 0 Å². The SMILES string of the molecule is CCCC(=O)NCC(O)c1ccccc1. The molecule has 0 aliphatic carbocycles. The minimum atomic E-state index is -0.619. The van der Waals surface area contributed by atoms with Crippen LogP contribution in [0.4, 0.5) is 0 Å². The Kier molecular flexibility index (Phi) is 4.84. The quantitative estimate of drug-likeness (QED) is 0.771. The fraction of sp³-hybridized carbons (Fsp3) is 0.417. The zero-order valence-corrected chi connectivity index (χ0v) is 8.94. The lowest BCUT2D eigenvalue weighted by molar-refractivity contribution is -0.121. The molecule has 1 aromatic rings. The van der Waals surface area contributed by atoms with Crippen molar-refractivity contribution in [3.8, 4) is 0 Å². The molecule has 15 heavy (non-hydrogen) atoms. The zero-order valence-electron chi connectivity index (χ0n) is 8.94. The highest BCUT2D eigenvalue weighted by Crippen LogP contribution is 2.10. The molecule has 1 atom stereocenters. The van der Waals surface area contributed by atoms with E-state index in [2.05, 4.69) is 5.32 Å². The van der Waals surface area contributed by atoms with E-state index in [0.717, 1.165) is 12.0 Å². The van der Waals surface area contributed by atoms with Crippen LogP contribution in [0.25, 0.3) is 0 Å². The Labute approximate surface area is 90.1 Å². The zero-order chi connectivity index (χ0) is 11.1. The standard InChI is InChI=1S/C12H17NO2/c1-2-6-12(15)13-9-11(14)10-7-4-3-5-8-10/h3-5,7-8,11,14H,2,6,9H2,1H3,(H,13,15). The van der Waals surface area contributed by atoms with Gasteiger partial charge in [0.05, 0.1) is 6.10 Å². The number of benzene rings is 1. The number of carbonyl (C=O) groups is 1. The van der Waals surface area contributed by atoms with Gasteiger partial charge in [-0.25, -0.2) is 0 Å². The number of hydrogen-bond acceptors (Lipinski definition) is 2. The van der Waals surface area contributed by atoms with Crippen LogP contribution in [0.1, 0.15) is 31.4 Å². The Morgan fingerprint density at radius 2 is 2.07 bits per heavy atom. The summed E-state index contributed by atoms with van der Waals surface area (Å²) in [7, 11) is 0. The van der Waals surface area contributed by atoms with Gasteiger partial charge in [-0.3, -0.25) is 4.79 Å². The number of carbonyl (C=O) groups excluding carboxylic acids is 1. The van der Waals surface area contributed by atoms with Crippen LogP contribution in [0.3, 0.4) is 0 Å². The molecule has 0 heterocycles. The van der Waals surface area contributed by atoms with Crippen LogP contribution in [-0.2, 0) is 4.79 Å². The molecule has 1 unspecified atom stereocenters. The fourth-order valence-corrected chi connectivity index (χ4v) is 1.32. The third-order valence-corrected chi connectivity index (χ3v) is 2.15. The lowest BCUT2D eigenvalue weighted by Crippen LogP contribution is -2.27. The molecule has 0 aliphatic rings. The molecular weight excluding hydrogens is 190 g/mol. The monoisotopic (exact) mass is 207 g/mol. The third-order valence-electron chi connectivity index (χ3n) is 2.15. The molecule has 0 aromatic heterocycles. The first kappa shape index (κ1) is 11.7. The van der Waals surface area contributed by atoms with Crippen molar-refractivity contribution in [3.63, 3.8) is 0 Å². The summed E-state index contributed by atoms with van der Waals surface area (Å²) in [6.45, 7) is 2.23. The Morgan fingerprint density at radius 1 is 1.40 bits per heavy atom. The topological polar surface area (TPSA) is 49.3 Å². The van der Waals surface area contributed by atoms with E-state index in [0.29, 0.717) is 6.42 Å². The fourth-order valence-electron chi connectivity index (χ4n) is 1.32. The van der Waals surface area contributed by atoms with Gasteiger partial charge in [0.1, 0.15) is 0 Å². The van der Waals surface area contributed by atoms with E-state index in [1.54, 1.807) is 0 Å². The normalized spacial score (nSPS) is 12.1. The van der Waals surface area contributed by atoms with Gasteiger partial charge in [0.25, 0.3) is 0 Å². The summed E-state index contributed by atoms with van der Waals surface area (Å²) < 4.78 is 0. The predicted molar refractivity (Wildman–Crippen MR) is 59.3 cm³/mol. The Balaban J connectivity index is 2.37. The highest BCUT2D eigenvalue weighted by Gasteiger charge is 2.07. The van der Waals surface area contributed by atoms with Crippen molar-refractivity contribution in [3.05, 3.63) is 35.9 Å². The van der Waals surface area contributed by atoms with Gasteiger partial charge in [-0.1, -0.05) is 37.3 Å². The maximum absolute atomic E-state index is 11.2. The van der Waals surface area contributed by atoms with Crippen LogP contribution in [0, 0.1) is 0 Å². The van der Waals surface area contributed by atoms with Crippen molar-refractivity contribution in [1.82, 2.24) is 5.32 Å². The summed E-state index contributed by atoms with van der Waals surface area (Å²) in [6, 6.07) is 9.32. The number of rotatable bonds is 5. The van der Waals surface area contributed by atoms with Gasteiger partial charge in [0.15, 0.2) is 0 Å². The highest BCUT2D eigenvalue weighted by molar-refractivity contribution is 5.75. The van der Waals surface area contributed by atoms with Crippen LogP contribution in [0.5, 0.6) is 0 Å². The van der Waals surface area contributed by atoms with E-state index < -0.39 is 6.10 Å². The number of nitrogens with one attached hydrogen (secondary N) is 1. The maximum Gasteiger partial charge on any atom is 0.220 e. The number of hydrogen-bond donors (Lipinski definition) is 2. The smallest absolute Gasteiger partial charge is 0.220 e. The van der Waals surface area contributed by atoms with Gasteiger partial charge in [-0.15, -0.1) is 0 Å². The van der Waals surface area contributed by atoms with E-state index in [4.69, 9.17) is 0 Å². The second-order valence-electron chi connectivity index (χ2n) is 3.48. The van der Waals surface area contributed by atoms with Crippen molar-refractivity contribution in [2.75, 3.05) is 6.54 Å². The van der Waals surface area contributed by atoms with Crippen molar-refractivity contribution < 1.29 is 9.90 Å². The maximum atomic E-state index is 11.2. The van der Waals surface area contributed by atoms with E-state index in [-0.39, 0.29) is 12.5 Å². The van der Waals surface area contributed by atoms with Gasteiger partial charge in [-0.05, 0) is 12.0 Å². The Morgan fingerprint density at radius 3 is 2.67 bits per heavy atom.